The normalized spacial score (nSPS) is 24.4. The van der Waals surface area contributed by atoms with Crippen molar-refractivity contribution in [3.05, 3.63) is 59.7 Å². The lowest BCUT2D eigenvalue weighted by atomic mass is 9.62. The fraction of sp³-hybridized carbons (Fsp3) is 0.391. The van der Waals surface area contributed by atoms with E-state index in [1.807, 2.05) is 0 Å². The quantitative estimate of drug-likeness (QED) is 0.422. The van der Waals surface area contributed by atoms with Crippen LogP contribution < -0.4 is 5.14 Å². The molecule has 3 unspecified atom stereocenters. The van der Waals surface area contributed by atoms with E-state index in [9.17, 15) is 31.5 Å². The third-order valence-electron chi connectivity index (χ3n) is 7.11. The maximum Gasteiger partial charge on any atom is 0.407 e. The third-order valence-corrected chi connectivity index (χ3v) is 9.91. The summed E-state index contributed by atoms with van der Waals surface area (Å²) in [4.78, 5) is 27.6. The smallest absolute Gasteiger partial charge is 0.407 e. The van der Waals surface area contributed by atoms with Gasteiger partial charge in [0.25, 0.3) is 5.91 Å². The summed E-state index contributed by atoms with van der Waals surface area (Å²) in [6.45, 7) is 0.658. The van der Waals surface area contributed by atoms with Crippen LogP contribution in [0.3, 0.4) is 0 Å². The molecule has 0 saturated carbocycles. The minimum atomic E-state index is -3.90. The van der Waals surface area contributed by atoms with Crippen LogP contribution in [0.2, 0.25) is 0 Å². The van der Waals surface area contributed by atoms with Gasteiger partial charge in [-0.3, -0.25) is 4.79 Å². The average Bonchev–Trinajstić information content (AvgIpc) is 2.81. The summed E-state index contributed by atoms with van der Waals surface area (Å²) in [7, 11) is -7.41. The third kappa shape index (κ3) is 4.82. The molecule has 13 heteroatoms. The van der Waals surface area contributed by atoms with Gasteiger partial charge < -0.3 is 14.9 Å². The van der Waals surface area contributed by atoms with Gasteiger partial charge in [-0.05, 0) is 54.7 Å². The highest BCUT2D eigenvalue weighted by Crippen LogP contribution is 2.53. The number of carboxylic acid groups (broad SMARTS) is 1. The second-order valence-electron chi connectivity index (χ2n) is 9.33. The van der Waals surface area contributed by atoms with Crippen LogP contribution in [0.4, 0.5) is 4.79 Å². The van der Waals surface area contributed by atoms with Crippen LogP contribution in [0.25, 0.3) is 0 Å². The number of primary sulfonamides is 1. The number of nitrogens with two attached hydrogens (primary N) is 1. The number of sulfonamides is 1. The Morgan fingerprint density at radius 3 is 2.31 bits per heavy atom. The molecule has 0 radical (unpaired) electrons. The average molecular weight is 556 g/mol. The first-order chi connectivity index (χ1) is 16.7. The van der Waals surface area contributed by atoms with Gasteiger partial charge in [0.1, 0.15) is 5.50 Å². The molecular formula is C23H26ClN3O7S2. The number of nitrogens with zero attached hydrogens (tertiary/aromatic N) is 2. The van der Waals surface area contributed by atoms with E-state index in [1.54, 1.807) is 18.2 Å². The lowest BCUT2D eigenvalue weighted by Gasteiger charge is -2.61. The number of rotatable bonds is 5. The van der Waals surface area contributed by atoms with Crippen LogP contribution in [0.1, 0.15) is 22.3 Å². The first-order valence-electron chi connectivity index (χ1n) is 11.1. The molecule has 4 rings (SSSR count). The number of hydrogen-bond donors (Lipinski definition) is 2. The molecule has 2 aliphatic rings. The molecule has 1 spiro atoms. The summed E-state index contributed by atoms with van der Waals surface area (Å²) < 4.78 is 47.7. The minimum absolute atomic E-state index is 0.118. The summed E-state index contributed by atoms with van der Waals surface area (Å²) >= 11 is 6.82. The Kier molecular flexibility index (Phi) is 6.84. The number of amides is 2. The largest absolute Gasteiger partial charge is 0.465 e. The molecule has 2 amide bonds. The van der Waals surface area contributed by atoms with Crippen LogP contribution in [0, 0.1) is 11.3 Å². The van der Waals surface area contributed by atoms with Gasteiger partial charge in [-0.2, -0.15) is 0 Å². The first kappa shape index (κ1) is 26.4. The van der Waals surface area contributed by atoms with Crippen molar-refractivity contribution in [2.75, 3.05) is 25.9 Å². The standard InChI is InChI=1S/C23H26ClN3O7S2/c1-35(31,32)19-5-3-2-4-16(19)12-17-13-26(22(29)30)11-10-23(17)14-27(21(23)24)20(28)15-6-8-18(9-7-15)36(25,33)34/h2-9,17,21H,10-14H2,1H3,(H,29,30)(H2,25,33,34). The van der Waals surface area contributed by atoms with Crippen LogP contribution >= 0.6 is 11.6 Å². The van der Waals surface area contributed by atoms with Crippen molar-refractivity contribution in [2.24, 2.45) is 16.5 Å². The predicted molar refractivity (Wildman–Crippen MR) is 132 cm³/mol. The Morgan fingerprint density at radius 1 is 1.11 bits per heavy atom. The van der Waals surface area contributed by atoms with Gasteiger partial charge in [-0.25, -0.2) is 26.8 Å². The Labute approximate surface area is 214 Å². The molecule has 3 atom stereocenters. The molecule has 194 valence electrons. The second-order valence-corrected chi connectivity index (χ2v) is 13.3. The van der Waals surface area contributed by atoms with Crippen LogP contribution in [0.15, 0.2) is 58.3 Å². The zero-order chi connectivity index (χ0) is 26.5. The second kappa shape index (κ2) is 9.33. The Bertz CT molecular complexity index is 1410. The lowest BCUT2D eigenvalue weighted by Crippen LogP contribution is -2.70. The highest BCUT2D eigenvalue weighted by Gasteiger charge is 2.59. The van der Waals surface area contributed by atoms with Gasteiger partial charge in [0.05, 0.1) is 9.79 Å². The van der Waals surface area contributed by atoms with Gasteiger partial charge in [0, 0.05) is 36.9 Å². The maximum absolute atomic E-state index is 13.1. The Balaban J connectivity index is 1.61. The van der Waals surface area contributed by atoms with E-state index in [0.29, 0.717) is 12.0 Å². The molecule has 2 aromatic rings. The Hall–Kier alpha value is -2.67. The van der Waals surface area contributed by atoms with Gasteiger partial charge in [0.15, 0.2) is 9.84 Å². The van der Waals surface area contributed by atoms with Crippen LogP contribution in [-0.2, 0) is 26.3 Å². The van der Waals surface area contributed by atoms with Crippen molar-refractivity contribution < 1.29 is 31.5 Å². The van der Waals surface area contributed by atoms with E-state index in [2.05, 4.69) is 0 Å². The highest BCUT2D eigenvalue weighted by molar-refractivity contribution is 7.90. The zero-order valence-corrected chi connectivity index (χ0v) is 21.8. The number of piperidine rings is 1. The number of alkyl halides is 1. The molecule has 10 nitrogen and oxygen atoms in total. The zero-order valence-electron chi connectivity index (χ0n) is 19.4. The Morgan fingerprint density at radius 2 is 1.75 bits per heavy atom. The molecule has 2 aromatic carbocycles. The molecule has 2 aliphatic heterocycles. The summed E-state index contributed by atoms with van der Waals surface area (Å²) in [6.07, 6.45) is 0.746. The number of halogens is 1. The molecule has 2 heterocycles. The number of likely N-dealkylation sites (tertiary alicyclic amines) is 2. The summed E-state index contributed by atoms with van der Waals surface area (Å²) in [5, 5.41) is 14.7. The molecule has 0 aliphatic carbocycles. The van der Waals surface area contributed by atoms with Crippen molar-refractivity contribution in [1.29, 1.82) is 0 Å². The highest BCUT2D eigenvalue weighted by atomic mass is 35.5. The van der Waals surface area contributed by atoms with Crippen LogP contribution in [0.5, 0.6) is 0 Å². The SMILES string of the molecule is CS(=O)(=O)c1ccccc1CC1CN(C(=O)O)CCC12CN(C(=O)c1ccc(S(N)(=O)=O)cc1)C2Cl. The van der Waals surface area contributed by atoms with E-state index in [1.165, 1.54) is 40.1 Å². The molecule has 36 heavy (non-hydrogen) atoms. The first-order valence-corrected chi connectivity index (χ1v) is 15.0. The van der Waals surface area contributed by atoms with Crippen LogP contribution in [-0.4, -0.2) is 75.1 Å². The maximum atomic E-state index is 13.1. The lowest BCUT2D eigenvalue weighted by molar-refractivity contribution is -0.0888. The van der Waals surface area contributed by atoms with E-state index >= 15 is 0 Å². The fourth-order valence-corrected chi connectivity index (χ4v) is 7.13. The predicted octanol–water partition coefficient (Wildman–Crippen LogP) is 1.99. The van der Waals surface area contributed by atoms with Crippen molar-refractivity contribution in [1.82, 2.24) is 9.80 Å². The number of benzene rings is 2. The number of carbonyl (C=O) groups excluding carboxylic acids is 1. The van der Waals surface area contributed by atoms with E-state index in [-0.39, 0.29) is 47.3 Å². The summed E-state index contributed by atoms with van der Waals surface area (Å²) in [5.41, 5.74) is -0.558. The number of sulfone groups is 1. The van der Waals surface area contributed by atoms with Gasteiger partial charge >= 0.3 is 6.09 Å². The van der Waals surface area contributed by atoms with Crippen molar-refractivity contribution in [2.45, 2.75) is 28.1 Å². The molecule has 2 fully saturated rings. The molecular weight excluding hydrogens is 530 g/mol. The molecule has 2 saturated heterocycles. The number of carbonyl (C=O) groups is 2. The van der Waals surface area contributed by atoms with E-state index < -0.39 is 42.8 Å². The topological polar surface area (TPSA) is 155 Å². The van der Waals surface area contributed by atoms with Gasteiger partial charge in [-0.15, -0.1) is 0 Å². The monoisotopic (exact) mass is 555 g/mol. The molecule has 0 bridgehead atoms. The fourth-order valence-electron chi connectivity index (χ4n) is 5.15. The summed E-state index contributed by atoms with van der Waals surface area (Å²) in [6, 6.07) is 11.8. The van der Waals surface area contributed by atoms with Gasteiger partial charge in [0.2, 0.25) is 10.0 Å². The molecule has 0 aromatic heterocycles. The number of hydrogen-bond acceptors (Lipinski definition) is 6. The minimum Gasteiger partial charge on any atom is -0.465 e. The van der Waals surface area contributed by atoms with Crippen molar-refractivity contribution in [3.8, 4) is 0 Å². The summed E-state index contributed by atoms with van der Waals surface area (Å²) in [5.74, 6) is -0.723. The molecule has 3 N–H and O–H groups in total. The van der Waals surface area contributed by atoms with E-state index in [4.69, 9.17) is 16.7 Å². The van der Waals surface area contributed by atoms with E-state index in [0.717, 1.165) is 6.26 Å². The van der Waals surface area contributed by atoms with Gasteiger partial charge in [-0.1, -0.05) is 29.8 Å². The van der Waals surface area contributed by atoms with Crippen molar-refractivity contribution in [3.63, 3.8) is 0 Å². The van der Waals surface area contributed by atoms with Crippen molar-refractivity contribution >= 4 is 43.5 Å².